The van der Waals surface area contributed by atoms with E-state index < -0.39 is 0 Å². The van der Waals surface area contributed by atoms with Crippen LogP contribution >= 0.6 is 0 Å². The Labute approximate surface area is 301 Å². The summed E-state index contributed by atoms with van der Waals surface area (Å²) in [6, 6.07) is 44.2. The van der Waals surface area contributed by atoms with E-state index in [2.05, 4.69) is 127 Å². The third-order valence-electron chi connectivity index (χ3n) is 9.64. The minimum atomic E-state index is -0.386. The van der Waals surface area contributed by atoms with E-state index in [9.17, 15) is 0 Å². The van der Waals surface area contributed by atoms with Gasteiger partial charge >= 0.3 is 7.05 Å². The molecule has 4 heterocycles. The zero-order valence-electron chi connectivity index (χ0n) is 27.5. The third-order valence-corrected chi connectivity index (χ3v) is 9.64. The van der Waals surface area contributed by atoms with Crippen molar-refractivity contribution < 1.29 is 35.0 Å². The largest absolute Gasteiger partial charge is 0.535 e. The fourth-order valence-corrected chi connectivity index (χ4v) is 7.28. The van der Waals surface area contributed by atoms with E-state index in [0.717, 1.165) is 61.8 Å². The summed E-state index contributed by atoms with van der Waals surface area (Å²) in [5.41, 5.74) is 10.6. The molecule has 0 aliphatic carbocycles. The van der Waals surface area contributed by atoms with Gasteiger partial charge in [-0.1, -0.05) is 85.3 Å². The summed E-state index contributed by atoms with van der Waals surface area (Å²) < 4.78 is 17.3. The Hall–Kier alpha value is -5.13. The topological polar surface area (TPSA) is 43.4 Å². The molecule has 8 heteroatoms. The molecular formula is C41H31BN4O2Pt-2. The number of aryl methyl sites for hydroxylation is 2. The van der Waals surface area contributed by atoms with Crippen molar-refractivity contribution in [3.63, 3.8) is 0 Å². The van der Waals surface area contributed by atoms with Crippen molar-refractivity contribution in [2.45, 2.75) is 33.1 Å². The SMILES string of the molecule is Cc1cccc(C)c1B1Oc2cccnc2N1c1[c-]c(Oc2[c-]c3c(cc2)C(C)(C)c2cccc4c2n-3[c-][n+]4-c2ccccc2)ccc1.[Pt]. The summed E-state index contributed by atoms with van der Waals surface area (Å²) in [6.45, 7) is 8.77. The fraction of sp³-hybridized carbons (Fsp3) is 0.122. The summed E-state index contributed by atoms with van der Waals surface area (Å²) in [5, 5.41) is 0. The first-order valence-corrected chi connectivity index (χ1v) is 16.2. The molecule has 0 unspecified atom stereocenters. The first-order chi connectivity index (χ1) is 23.4. The standard InChI is InChI=1S/C41H31BN4O2.Pt/c1-27-12-8-13-28(2)38(27)42-46(40-37(48-42)20-11-23-43-40)30-16-9-17-31(24-30)47-32-21-22-33-36(25-32)45-26-44(29-14-6-5-7-15-29)35-19-10-18-34(39(35)45)41(33,3)4;/h5-23H,1-4H3;/q-2;. The molecule has 2 aliphatic heterocycles. The first-order valence-electron chi connectivity index (χ1n) is 16.2. The molecule has 0 bridgehead atoms. The molecule has 242 valence electrons. The van der Waals surface area contributed by atoms with Gasteiger partial charge in [-0.25, -0.2) is 4.98 Å². The second-order valence-corrected chi connectivity index (χ2v) is 13.0. The van der Waals surface area contributed by atoms with Crippen molar-refractivity contribution in [1.29, 1.82) is 0 Å². The van der Waals surface area contributed by atoms with Crippen molar-refractivity contribution in [2.24, 2.45) is 0 Å². The van der Waals surface area contributed by atoms with E-state index in [-0.39, 0.29) is 33.5 Å². The van der Waals surface area contributed by atoms with Crippen LogP contribution in [0.5, 0.6) is 17.2 Å². The predicted octanol–water partition coefficient (Wildman–Crippen LogP) is 7.67. The van der Waals surface area contributed by atoms with Crippen LogP contribution in [0.25, 0.3) is 22.4 Å². The maximum atomic E-state index is 6.54. The quantitative estimate of drug-likeness (QED) is 0.102. The van der Waals surface area contributed by atoms with Crippen LogP contribution in [0.4, 0.5) is 11.5 Å². The molecule has 2 aliphatic rings. The number of pyridine rings is 1. The van der Waals surface area contributed by atoms with Crippen molar-refractivity contribution in [1.82, 2.24) is 9.55 Å². The smallest absolute Gasteiger partial charge is 0.524 e. The van der Waals surface area contributed by atoms with Crippen molar-refractivity contribution in [2.75, 3.05) is 4.81 Å². The number of rotatable bonds is 5. The zero-order chi connectivity index (χ0) is 32.6. The molecule has 49 heavy (non-hydrogen) atoms. The molecule has 0 N–H and O–H groups in total. The minimum Gasteiger partial charge on any atom is -0.535 e. The van der Waals surface area contributed by atoms with Crippen molar-refractivity contribution in [3.05, 3.63) is 156 Å². The molecule has 0 atom stereocenters. The van der Waals surface area contributed by atoms with Crippen LogP contribution in [0.15, 0.2) is 115 Å². The van der Waals surface area contributed by atoms with Gasteiger partial charge in [-0.3, -0.25) is 4.57 Å². The number of nitrogens with zero attached hydrogens (tertiary/aromatic N) is 4. The van der Waals surface area contributed by atoms with E-state index in [1.54, 1.807) is 6.20 Å². The van der Waals surface area contributed by atoms with E-state index in [4.69, 9.17) is 14.4 Å². The zero-order valence-corrected chi connectivity index (χ0v) is 29.7. The number of fused-ring (bicyclic) bond motifs is 3. The molecule has 0 saturated carbocycles. The monoisotopic (exact) mass is 817 g/mol. The maximum absolute atomic E-state index is 6.54. The Morgan fingerprint density at radius 2 is 1.53 bits per heavy atom. The van der Waals surface area contributed by atoms with Gasteiger partial charge in [0.2, 0.25) is 0 Å². The van der Waals surface area contributed by atoms with Crippen molar-refractivity contribution >= 4 is 35.1 Å². The summed E-state index contributed by atoms with van der Waals surface area (Å²) in [4.78, 5) is 6.81. The van der Waals surface area contributed by atoms with Crippen LogP contribution in [-0.2, 0) is 26.5 Å². The molecule has 6 nitrogen and oxygen atoms in total. The van der Waals surface area contributed by atoms with Crippen LogP contribution in [0.1, 0.15) is 36.1 Å². The number of imidazole rings is 1. The number of para-hydroxylation sites is 2. The first kappa shape index (κ1) is 31.2. The van der Waals surface area contributed by atoms with Crippen molar-refractivity contribution in [3.8, 4) is 28.6 Å². The van der Waals surface area contributed by atoms with E-state index >= 15 is 0 Å². The molecule has 9 rings (SSSR count). The van der Waals surface area contributed by atoms with Gasteiger partial charge in [-0.2, -0.15) is 12.1 Å². The molecule has 5 aromatic carbocycles. The molecule has 7 aromatic rings. The van der Waals surface area contributed by atoms with Gasteiger partial charge < -0.3 is 18.8 Å². The van der Waals surface area contributed by atoms with Gasteiger partial charge in [0.25, 0.3) is 6.33 Å². The molecule has 0 amide bonds. The van der Waals surface area contributed by atoms with E-state index in [1.165, 1.54) is 5.56 Å². The van der Waals surface area contributed by atoms with Crippen LogP contribution in [0.2, 0.25) is 0 Å². The number of hydrogen-bond donors (Lipinski definition) is 0. The summed E-state index contributed by atoms with van der Waals surface area (Å²) in [6.07, 6.45) is 5.42. The van der Waals surface area contributed by atoms with Crippen LogP contribution in [0, 0.1) is 32.3 Å². The van der Waals surface area contributed by atoms with Gasteiger partial charge in [0.15, 0.2) is 5.82 Å². The summed E-state index contributed by atoms with van der Waals surface area (Å²) in [7, 11) is -0.386. The molecule has 0 fully saturated rings. The van der Waals surface area contributed by atoms with Gasteiger partial charge in [-0.05, 0) is 60.2 Å². The molecule has 0 spiro atoms. The van der Waals surface area contributed by atoms with Gasteiger partial charge in [-0.15, -0.1) is 35.9 Å². The Kier molecular flexibility index (Phi) is 7.49. The van der Waals surface area contributed by atoms with Gasteiger partial charge in [0.05, 0.1) is 16.7 Å². The normalized spacial score (nSPS) is 13.8. The van der Waals surface area contributed by atoms with Crippen LogP contribution in [0.3, 0.4) is 0 Å². The van der Waals surface area contributed by atoms with Crippen LogP contribution in [-0.4, -0.2) is 16.6 Å². The summed E-state index contributed by atoms with van der Waals surface area (Å²) >= 11 is 0. The minimum absolute atomic E-state index is 0. The Balaban J connectivity index is 0.00000348. The number of aromatic nitrogens is 3. The average molecular weight is 818 g/mol. The fourth-order valence-electron chi connectivity index (χ4n) is 7.28. The third kappa shape index (κ3) is 4.90. The molecule has 0 saturated heterocycles. The Bertz CT molecular complexity index is 2370. The van der Waals surface area contributed by atoms with E-state index in [0.29, 0.717) is 11.5 Å². The number of benzene rings is 5. The molecule has 0 radical (unpaired) electrons. The summed E-state index contributed by atoms with van der Waals surface area (Å²) in [5.74, 6) is 2.66. The molecule has 2 aromatic heterocycles. The predicted molar refractivity (Wildman–Crippen MR) is 188 cm³/mol. The van der Waals surface area contributed by atoms with Gasteiger partial charge in [0.1, 0.15) is 5.75 Å². The van der Waals surface area contributed by atoms with Gasteiger partial charge in [0, 0.05) is 38.8 Å². The Morgan fingerprint density at radius 1 is 0.776 bits per heavy atom. The molecular weight excluding hydrogens is 786 g/mol. The second-order valence-electron chi connectivity index (χ2n) is 13.0. The second kappa shape index (κ2) is 11.8. The van der Waals surface area contributed by atoms with Crippen LogP contribution < -0.4 is 24.2 Å². The Morgan fingerprint density at radius 3 is 2.35 bits per heavy atom. The number of hydrogen-bond acceptors (Lipinski definition) is 4. The van der Waals surface area contributed by atoms with E-state index in [1.807, 2.05) is 42.5 Å². The average Bonchev–Trinajstić information content (AvgIpc) is 3.68. The maximum Gasteiger partial charge on any atom is 0.524 e. The number of ether oxygens (including phenoxy) is 1. The number of anilines is 2.